The molecule has 0 saturated heterocycles. The fraction of sp³-hybridized carbons (Fsp3) is 0.111. The van der Waals surface area contributed by atoms with Crippen molar-refractivity contribution < 1.29 is 9.59 Å². The summed E-state index contributed by atoms with van der Waals surface area (Å²) < 4.78 is 0. The number of benzene rings is 2. The van der Waals surface area contributed by atoms with Crippen molar-refractivity contribution in [3.63, 3.8) is 0 Å². The maximum atomic E-state index is 13.0. The zero-order chi connectivity index (χ0) is 17.3. The van der Waals surface area contributed by atoms with Gasteiger partial charge < -0.3 is 10.6 Å². The van der Waals surface area contributed by atoms with Crippen LogP contribution in [0, 0.1) is 0 Å². The van der Waals surface area contributed by atoms with Crippen LogP contribution in [0.1, 0.15) is 28.9 Å². The Morgan fingerprint density at radius 2 is 1.71 bits per heavy atom. The van der Waals surface area contributed by atoms with Crippen molar-refractivity contribution in [2.24, 2.45) is 0 Å². The van der Waals surface area contributed by atoms with Gasteiger partial charge >= 0.3 is 6.03 Å². The first-order valence-corrected chi connectivity index (χ1v) is 8.06. The average molecular weight is 361 g/mol. The Morgan fingerprint density at radius 3 is 2.38 bits per heavy atom. The molecule has 0 aliphatic carbocycles. The topological polar surface area (TPSA) is 58.2 Å². The van der Waals surface area contributed by atoms with Crippen LogP contribution in [-0.2, 0) is 0 Å². The molecule has 0 aromatic heterocycles. The van der Waals surface area contributed by atoms with Crippen LogP contribution in [0.15, 0.2) is 59.8 Å². The van der Waals surface area contributed by atoms with Crippen LogP contribution >= 0.6 is 23.2 Å². The van der Waals surface area contributed by atoms with E-state index in [1.165, 1.54) is 0 Å². The highest BCUT2D eigenvalue weighted by molar-refractivity contribution is 6.31. The largest absolute Gasteiger partial charge is 0.327 e. The predicted octanol–water partition coefficient (Wildman–Crippen LogP) is 4.50. The third kappa shape index (κ3) is 3.16. The molecule has 2 aromatic carbocycles. The monoisotopic (exact) mass is 360 g/mol. The van der Waals surface area contributed by atoms with Crippen LogP contribution < -0.4 is 10.6 Å². The number of rotatable bonds is 3. The normalized spacial score (nSPS) is 17.3. The molecule has 1 aliphatic rings. The molecule has 0 radical (unpaired) electrons. The molecule has 122 valence electrons. The van der Waals surface area contributed by atoms with Gasteiger partial charge in [0.25, 0.3) is 0 Å². The van der Waals surface area contributed by atoms with Gasteiger partial charge in [0.15, 0.2) is 5.78 Å². The van der Waals surface area contributed by atoms with Crippen molar-refractivity contribution in [3.05, 3.63) is 81.0 Å². The predicted molar refractivity (Wildman–Crippen MR) is 94.3 cm³/mol. The second kappa shape index (κ2) is 6.67. The number of amides is 2. The van der Waals surface area contributed by atoms with E-state index in [1.54, 1.807) is 49.4 Å². The van der Waals surface area contributed by atoms with Crippen molar-refractivity contribution >= 4 is 35.0 Å². The number of urea groups is 1. The van der Waals surface area contributed by atoms with E-state index in [2.05, 4.69) is 10.6 Å². The molecule has 4 nitrogen and oxygen atoms in total. The van der Waals surface area contributed by atoms with Crippen LogP contribution in [0.25, 0.3) is 0 Å². The summed E-state index contributed by atoms with van der Waals surface area (Å²) in [5, 5.41) is 6.46. The van der Waals surface area contributed by atoms with E-state index < -0.39 is 6.04 Å². The zero-order valence-electron chi connectivity index (χ0n) is 12.8. The summed E-state index contributed by atoms with van der Waals surface area (Å²) in [6, 6.07) is 12.8. The number of Topliss-reactive ketones (excluding diaryl/α,β-unsaturated/α-hetero) is 1. The van der Waals surface area contributed by atoms with E-state index in [0.717, 1.165) is 0 Å². The molecule has 0 fully saturated rings. The molecule has 6 heteroatoms. The van der Waals surface area contributed by atoms with Crippen molar-refractivity contribution in [2.75, 3.05) is 0 Å². The summed E-state index contributed by atoms with van der Waals surface area (Å²) in [6.07, 6.45) is 0. The fourth-order valence-corrected chi connectivity index (χ4v) is 3.06. The van der Waals surface area contributed by atoms with Crippen LogP contribution in [0.5, 0.6) is 0 Å². The lowest BCUT2D eigenvalue weighted by atomic mass is 9.89. The van der Waals surface area contributed by atoms with E-state index in [4.69, 9.17) is 23.2 Å². The molecule has 2 amide bonds. The van der Waals surface area contributed by atoms with Crippen LogP contribution in [-0.4, -0.2) is 11.8 Å². The number of hydrogen-bond donors (Lipinski definition) is 2. The minimum Gasteiger partial charge on any atom is -0.327 e. The minimum absolute atomic E-state index is 0.193. The zero-order valence-corrected chi connectivity index (χ0v) is 14.3. The van der Waals surface area contributed by atoms with Gasteiger partial charge in [-0.05, 0) is 42.8 Å². The van der Waals surface area contributed by atoms with Gasteiger partial charge in [0.2, 0.25) is 0 Å². The number of ketones is 1. The molecule has 3 rings (SSSR count). The quantitative estimate of drug-likeness (QED) is 0.791. The molecule has 1 heterocycles. The number of allylic oxidation sites excluding steroid dienone is 1. The smallest absolute Gasteiger partial charge is 0.319 e. The van der Waals surface area contributed by atoms with Crippen molar-refractivity contribution in [2.45, 2.75) is 13.0 Å². The van der Waals surface area contributed by atoms with Crippen LogP contribution in [0.4, 0.5) is 4.79 Å². The molecule has 0 bridgehead atoms. The summed E-state index contributed by atoms with van der Waals surface area (Å²) in [4.78, 5) is 24.9. The highest BCUT2D eigenvalue weighted by Gasteiger charge is 2.32. The standard InChI is InChI=1S/C18H14Cl2N2O2/c1-10-15(17(23)11-6-8-12(19)9-7-11)16(22-18(24)21-10)13-4-2-3-5-14(13)20/h2-9,16H,1H3,(H2,21,22,24)/t16-/m1/s1. The second-order valence-corrected chi connectivity index (χ2v) is 6.27. The summed E-state index contributed by atoms with van der Waals surface area (Å²) in [7, 11) is 0. The molecular formula is C18H14Cl2N2O2. The Hall–Kier alpha value is -2.30. The highest BCUT2D eigenvalue weighted by atomic mass is 35.5. The van der Waals surface area contributed by atoms with E-state index in [-0.39, 0.29) is 11.8 Å². The SMILES string of the molecule is CC1=C(C(=O)c2ccc(Cl)cc2)[C@@H](c2ccccc2Cl)NC(=O)N1. The maximum absolute atomic E-state index is 13.0. The number of nitrogens with one attached hydrogen (secondary N) is 2. The molecule has 24 heavy (non-hydrogen) atoms. The van der Waals surface area contributed by atoms with Crippen molar-refractivity contribution in [1.82, 2.24) is 10.6 Å². The van der Waals surface area contributed by atoms with Gasteiger partial charge in [0, 0.05) is 26.9 Å². The lowest BCUT2D eigenvalue weighted by Gasteiger charge is -2.29. The van der Waals surface area contributed by atoms with Gasteiger partial charge in [-0.2, -0.15) is 0 Å². The van der Waals surface area contributed by atoms with Crippen molar-refractivity contribution in [1.29, 1.82) is 0 Å². The van der Waals surface area contributed by atoms with Gasteiger partial charge in [-0.25, -0.2) is 4.79 Å². The average Bonchev–Trinajstić information content (AvgIpc) is 2.55. The Bertz CT molecular complexity index is 844. The first-order valence-electron chi connectivity index (χ1n) is 7.30. The Morgan fingerprint density at radius 1 is 1.04 bits per heavy atom. The Kier molecular flexibility index (Phi) is 4.60. The Labute approximate surface area is 149 Å². The maximum Gasteiger partial charge on any atom is 0.319 e. The number of hydrogen-bond acceptors (Lipinski definition) is 2. The van der Waals surface area contributed by atoms with E-state index >= 15 is 0 Å². The van der Waals surface area contributed by atoms with Gasteiger partial charge in [-0.1, -0.05) is 41.4 Å². The van der Waals surface area contributed by atoms with Gasteiger partial charge in [-0.3, -0.25) is 4.79 Å². The molecular weight excluding hydrogens is 347 g/mol. The fourth-order valence-electron chi connectivity index (χ4n) is 2.69. The molecule has 0 unspecified atom stereocenters. The minimum atomic E-state index is -0.615. The lowest BCUT2D eigenvalue weighted by Crippen LogP contribution is -2.45. The molecule has 0 spiro atoms. The molecule has 2 N–H and O–H groups in total. The third-order valence-electron chi connectivity index (χ3n) is 3.84. The molecule has 0 saturated carbocycles. The van der Waals surface area contributed by atoms with Gasteiger partial charge in [0.05, 0.1) is 6.04 Å². The number of carbonyl (C=O) groups is 2. The summed E-state index contributed by atoms with van der Waals surface area (Å²) in [5.74, 6) is -0.193. The van der Waals surface area contributed by atoms with Gasteiger partial charge in [0.1, 0.15) is 0 Å². The van der Waals surface area contributed by atoms with E-state index in [1.807, 2.05) is 6.07 Å². The molecule has 1 atom stereocenters. The number of halogens is 2. The molecule has 1 aliphatic heterocycles. The first kappa shape index (κ1) is 16.6. The van der Waals surface area contributed by atoms with Crippen LogP contribution in [0.2, 0.25) is 10.0 Å². The van der Waals surface area contributed by atoms with E-state index in [9.17, 15) is 9.59 Å². The second-order valence-electron chi connectivity index (χ2n) is 5.43. The Balaban J connectivity index is 2.09. The summed E-state index contributed by atoms with van der Waals surface area (Å²) in [5.41, 5.74) is 2.11. The van der Waals surface area contributed by atoms with E-state index in [0.29, 0.717) is 32.4 Å². The lowest BCUT2D eigenvalue weighted by molar-refractivity contribution is 0.102. The van der Waals surface area contributed by atoms with Crippen LogP contribution in [0.3, 0.4) is 0 Å². The number of carbonyl (C=O) groups excluding carboxylic acids is 2. The first-order chi connectivity index (χ1) is 11.5. The summed E-state index contributed by atoms with van der Waals surface area (Å²) in [6.45, 7) is 1.70. The third-order valence-corrected chi connectivity index (χ3v) is 4.43. The summed E-state index contributed by atoms with van der Waals surface area (Å²) >= 11 is 12.2. The van der Waals surface area contributed by atoms with Gasteiger partial charge in [-0.15, -0.1) is 0 Å². The molecule has 2 aromatic rings. The van der Waals surface area contributed by atoms with Crippen molar-refractivity contribution in [3.8, 4) is 0 Å². The highest BCUT2D eigenvalue weighted by Crippen LogP contribution is 2.33.